The van der Waals surface area contributed by atoms with Gasteiger partial charge in [0, 0.05) is 17.8 Å². The SMILES string of the molecule is CCOc1ccc(OCc2cccc(C(=O)Nc3ccn(Cc4ccc(Cl)c(Cl)c4)n3)c2)cc1. The molecule has 0 bridgehead atoms. The average molecular weight is 496 g/mol. The number of hydrogen-bond donors (Lipinski definition) is 1. The van der Waals surface area contributed by atoms with Crippen molar-refractivity contribution in [1.82, 2.24) is 9.78 Å². The lowest BCUT2D eigenvalue weighted by atomic mass is 10.1. The van der Waals surface area contributed by atoms with Crippen LogP contribution in [-0.4, -0.2) is 22.3 Å². The molecule has 6 nitrogen and oxygen atoms in total. The smallest absolute Gasteiger partial charge is 0.256 e. The van der Waals surface area contributed by atoms with Crippen molar-refractivity contribution >= 4 is 34.9 Å². The fraction of sp³-hybridized carbons (Fsp3) is 0.154. The number of carbonyl (C=O) groups is 1. The molecular formula is C26H23Cl2N3O3. The highest BCUT2D eigenvalue weighted by atomic mass is 35.5. The van der Waals surface area contributed by atoms with E-state index in [2.05, 4.69) is 10.4 Å². The molecule has 1 N–H and O–H groups in total. The maximum atomic E-state index is 12.7. The lowest BCUT2D eigenvalue weighted by Crippen LogP contribution is -2.13. The Kier molecular flexibility index (Phi) is 7.72. The maximum absolute atomic E-state index is 12.7. The van der Waals surface area contributed by atoms with Gasteiger partial charge in [-0.25, -0.2) is 0 Å². The second-order valence-corrected chi connectivity index (χ2v) is 8.31. The zero-order valence-corrected chi connectivity index (χ0v) is 20.0. The fourth-order valence-corrected chi connectivity index (χ4v) is 3.62. The van der Waals surface area contributed by atoms with E-state index in [1.807, 2.05) is 49.4 Å². The van der Waals surface area contributed by atoms with Gasteiger partial charge in [0.1, 0.15) is 18.1 Å². The molecule has 174 valence electrons. The van der Waals surface area contributed by atoms with Gasteiger partial charge in [0.2, 0.25) is 0 Å². The Morgan fingerprint density at radius 3 is 2.41 bits per heavy atom. The van der Waals surface area contributed by atoms with Crippen molar-refractivity contribution in [2.45, 2.75) is 20.1 Å². The number of nitrogens with zero attached hydrogens (tertiary/aromatic N) is 2. The third-order valence-corrected chi connectivity index (χ3v) is 5.68. The van der Waals surface area contributed by atoms with Gasteiger partial charge in [-0.2, -0.15) is 5.10 Å². The predicted molar refractivity (Wildman–Crippen MR) is 134 cm³/mol. The Bertz CT molecular complexity index is 1270. The van der Waals surface area contributed by atoms with Crippen LogP contribution in [0, 0.1) is 0 Å². The summed E-state index contributed by atoms with van der Waals surface area (Å²) in [7, 11) is 0. The van der Waals surface area contributed by atoms with Crippen molar-refractivity contribution in [2.75, 3.05) is 11.9 Å². The number of benzene rings is 3. The molecule has 1 heterocycles. The third-order valence-electron chi connectivity index (χ3n) is 4.94. The molecular weight excluding hydrogens is 473 g/mol. The second kappa shape index (κ2) is 11.1. The lowest BCUT2D eigenvalue weighted by Gasteiger charge is -2.09. The number of carbonyl (C=O) groups excluding carboxylic acids is 1. The van der Waals surface area contributed by atoms with Gasteiger partial charge in [0.25, 0.3) is 5.91 Å². The maximum Gasteiger partial charge on any atom is 0.256 e. The molecule has 1 aromatic heterocycles. The number of aromatic nitrogens is 2. The van der Waals surface area contributed by atoms with Crippen LogP contribution in [0.25, 0.3) is 0 Å². The molecule has 0 aliphatic rings. The minimum atomic E-state index is -0.247. The molecule has 0 saturated heterocycles. The van der Waals surface area contributed by atoms with E-state index < -0.39 is 0 Å². The zero-order chi connectivity index (χ0) is 23.9. The van der Waals surface area contributed by atoms with Crippen molar-refractivity contribution in [3.05, 3.63) is 106 Å². The van der Waals surface area contributed by atoms with Crippen molar-refractivity contribution in [2.24, 2.45) is 0 Å². The molecule has 3 aromatic carbocycles. The molecule has 4 rings (SSSR count). The van der Waals surface area contributed by atoms with Gasteiger partial charge >= 0.3 is 0 Å². The number of hydrogen-bond acceptors (Lipinski definition) is 4. The summed E-state index contributed by atoms with van der Waals surface area (Å²) < 4.78 is 13.0. The fourth-order valence-electron chi connectivity index (χ4n) is 3.30. The van der Waals surface area contributed by atoms with Crippen LogP contribution in [0.3, 0.4) is 0 Å². The van der Waals surface area contributed by atoms with Gasteiger partial charge in [-0.15, -0.1) is 0 Å². The van der Waals surface area contributed by atoms with E-state index in [1.54, 1.807) is 41.2 Å². The lowest BCUT2D eigenvalue weighted by molar-refractivity contribution is 0.102. The highest BCUT2D eigenvalue weighted by Gasteiger charge is 2.10. The molecule has 0 saturated carbocycles. The van der Waals surface area contributed by atoms with Crippen LogP contribution in [0.1, 0.15) is 28.4 Å². The molecule has 0 radical (unpaired) electrons. The summed E-state index contributed by atoms with van der Waals surface area (Å²) in [5.74, 6) is 1.74. The van der Waals surface area contributed by atoms with Crippen LogP contribution in [0.15, 0.2) is 79.0 Å². The standard InChI is InChI=1S/C26H23Cl2N3O3/c1-2-33-21-7-9-22(10-8-21)34-17-19-4-3-5-20(14-19)26(32)29-25-12-13-31(30-25)16-18-6-11-23(27)24(28)15-18/h3-15H,2,16-17H2,1H3,(H,29,30,32). The van der Waals surface area contributed by atoms with E-state index in [9.17, 15) is 4.79 Å². The van der Waals surface area contributed by atoms with E-state index >= 15 is 0 Å². The number of nitrogens with one attached hydrogen (secondary N) is 1. The van der Waals surface area contributed by atoms with Gasteiger partial charge in [0.15, 0.2) is 5.82 Å². The topological polar surface area (TPSA) is 65.4 Å². The summed E-state index contributed by atoms with van der Waals surface area (Å²) in [6.45, 7) is 3.40. The zero-order valence-electron chi connectivity index (χ0n) is 18.5. The molecule has 1 amide bonds. The number of amides is 1. The first-order valence-corrected chi connectivity index (χ1v) is 11.5. The van der Waals surface area contributed by atoms with E-state index in [0.29, 0.717) is 41.2 Å². The van der Waals surface area contributed by atoms with Crippen LogP contribution >= 0.6 is 23.2 Å². The van der Waals surface area contributed by atoms with E-state index in [-0.39, 0.29) is 5.91 Å². The summed E-state index contributed by atoms with van der Waals surface area (Å²) in [5.41, 5.74) is 2.36. The molecule has 8 heteroatoms. The third kappa shape index (κ3) is 6.31. The van der Waals surface area contributed by atoms with Crippen LogP contribution in [0.4, 0.5) is 5.82 Å². The molecule has 0 atom stereocenters. The highest BCUT2D eigenvalue weighted by molar-refractivity contribution is 6.42. The Hall–Kier alpha value is -3.48. The van der Waals surface area contributed by atoms with Crippen LogP contribution in [0.2, 0.25) is 10.0 Å². The molecule has 0 aliphatic heterocycles. The van der Waals surface area contributed by atoms with Crippen LogP contribution < -0.4 is 14.8 Å². The monoisotopic (exact) mass is 495 g/mol. The summed E-state index contributed by atoms with van der Waals surface area (Å²) in [6.07, 6.45) is 1.79. The minimum absolute atomic E-state index is 0.247. The summed E-state index contributed by atoms with van der Waals surface area (Å²) in [4.78, 5) is 12.7. The first-order valence-electron chi connectivity index (χ1n) is 10.7. The van der Waals surface area contributed by atoms with Crippen molar-refractivity contribution in [3.63, 3.8) is 0 Å². The Morgan fingerprint density at radius 2 is 1.68 bits per heavy atom. The van der Waals surface area contributed by atoms with Gasteiger partial charge in [-0.05, 0) is 66.6 Å². The molecule has 34 heavy (non-hydrogen) atoms. The molecule has 0 unspecified atom stereocenters. The Balaban J connectivity index is 1.34. The van der Waals surface area contributed by atoms with Crippen LogP contribution in [0.5, 0.6) is 11.5 Å². The van der Waals surface area contributed by atoms with E-state index in [0.717, 1.165) is 22.6 Å². The first-order chi connectivity index (χ1) is 16.5. The average Bonchev–Trinajstić information content (AvgIpc) is 3.28. The molecule has 4 aromatic rings. The van der Waals surface area contributed by atoms with Gasteiger partial charge in [-0.1, -0.05) is 41.4 Å². The van der Waals surface area contributed by atoms with Crippen molar-refractivity contribution in [3.8, 4) is 11.5 Å². The number of ether oxygens (including phenoxy) is 2. The largest absolute Gasteiger partial charge is 0.494 e. The number of halogens is 2. The molecule has 0 aliphatic carbocycles. The second-order valence-electron chi connectivity index (χ2n) is 7.49. The first kappa shape index (κ1) is 23.7. The summed E-state index contributed by atoms with van der Waals surface area (Å²) in [6, 6.07) is 21.9. The quantitative estimate of drug-likeness (QED) is 0.289. The van der Waals surface area contributed by atoms with E-state index in [1.165, 1.54) is 0 Å². The van der Waals surface area contributed by atoms with E-state index in [4.69, 9.17) is 32.7 Å². The summed E-state index contributed by atoms with van der Waals surface area (Å²) >= 11 is 12.0. The Morgan fingerprint density at radius 1 is 0.912 bits per heavy atom. The van der Waals surface area contributed by atoms with Crippen molar-refractivity contribution in [1.29, 1.82) is 0 Å². The Labute approximate surface area is 208 Å². The van der Waals surface area contributed by atoms with Gasteiger partial charge < -0.3 is 14.8 Å². The van der Waals surface area contributed by atoms with Crippen LogP contribution in [-0.2, 0) is 13.2 Å². The number of rotatable bonds is 9. The minimum Gasteiger partial charge on any atom is -0.494 e. The normalized spacial score (nSPS) is 10.7. The molecule has 0 spiro atoms. The van der Waals surface area contributed by atoms with Gasteiger partial charge in [0.05, 0.1) is 23.2 Å². The van der Waals surface area contributed by atoms with Gasteiger partial charge in [-0.3, -0.25) is 9.48 Å². The predicted octanol–water partition coefficient (Wildman–Crippen LogP) is 6.47. The highest BCUT2D eigenvalue weighted by Crippen LogP contribution is 2.23. The number of anilines is 1. The molecule has 0 fully saturated rings. The summed E-state index contributed by atoms with van der Waals surface area (Å²) in [5, 5.41) is 8.24. The van der Waals surface area contributed by atoms with Crippen molar-refractivity contribution < 1.29 is 14.3 Å².